The first-order chi connectivity index (χ1) is 10.5. The maximum absolute atomic E-state index is 11.9. The predicted molar refractivity (Wildman–Crippen MR) is 94.9 cm³/mol. The van der Waals surface area contributed by atoms with Crippen LogP contribution in [0.5, 0.6) is 0 Å². The Hall–Kier alpha value is -1.48. The van der Waals surface area contributed by atoms with E-state index < -0.39 is 10.0 Å². The van der Waals surface area contributed by atoms with Crippen LogP contribution in [0.2, 0.25) is 0 Å². The zero-order chi connectivity index (χ0) is 16.0. The van der Waals surface area contributed by atoms with Crippen LogP contribution in [0.3, 0.4) is 0 Å². The molecule has 2 aromatic rings. The molecule has 0 aliphatic heterocycles. The number of benzene rings is 1. The molecule has 0 amide bonds. The molecule has 2 rings (SSSR count). The Labute approximate surface area is 139 Å². The van der Waals surface area contributed by atoms with Gasteiger partial charge in [-0.3, -0.25) is 0 Å². The highest BCUT2D eigenvalue weighted by molar-refractivity contribution is 7.91. The lowest BCUT2D eigenvalue weighted by molar-refractivity contribution is 0.583. The molecule has 0 unspecified atom stereocenters. The van der Waals surface area contributed by atoms with E-state index in [2.05, 4.69) is 15.4 Å². The fourth-order valence-electron chi connectivity index (χ4n) is 1.75. The zero-order valence-corrected chi connectivity index (χ0v) is 14.4. The lowest BCUT2D eigenvalue weighted by atomic mass is 10.2. The van der Waals surface area contributed by atoms with E-state index in [0.29, 0.717) is 15.9 Å². The number of hydrogen-bond donors (Lipinski definition) is 3. The van der Waals surface area contributed by atoms with Gasteiger partial charge in [-0.25, -0.2) is 13.1 Å². The standard InChI is InChI=1S/C14H17N3O2S3/c1-11-4-2-5-12(10-11)17-14(20)15-7-8-16-22(18,19)13-6-3-9-21-13/h2-6,9-10,16H,7-8H2,1H3,(H2,15,17,20). The highest BCUT2D eigenvalue weighted by Crippen LogP contribution is 2.14. The van der Waals surface area contributed by atoms with Crippen LogP contribution in [0.15, 0.2) is 46.0 Å². The molecule has 0 saturated carbocycles. The Morgan fingerprint density at radius 3 is 2.73 bits per heavy atom. The van der Waals surface area contributed by atoms with Gasteiger partial charge in [-0.1, -0.05) is 18.2 Å². The van der Waals surface area contributed by atoms with E-state index in [1.54, 1.807) is 17.5 Å². The van der Waals surface area contributed by atoms with Crippen LogP contribution >= 0.6 is 23.6 Å². The summed E-state index contributed by atoms with van der Waals surface area (Å²) >= 11 is 6.36. The van der Waals surface area contributed by atoms with Gasteiger partial charge >= 0.3 is 0 Å². The van der Waals surface area contributed by atoms with Crippen LogP contribution in [0.25, 0.3) is 0 Å². The molecule has 1 aromatic heterocycles. The first-order valence-electron chi connectivity index (χ1n) is 6.62. The minimum atomic E-state index is -3.41. The topological polar surface area (TPSA) is 70.2 Å². The fraction of sp³-hybridized carbons (Fsp3) is 0.214. The van der Waals surface area contributed by atoms with Crippen molar-refractivity contribution in [3.63, 3.8) is 0 Å². The van der Waals surface area contributed by atoms with Gasteiger partial charge in [0.2, 0.25) is 10.0 Å². The van der Waals surface area contributed by atoms with Crippen molar-refractivity contribution >= 4 is 44.4 Å². The monoisotopic (exact) mass is 355 g/mol. The smallest absolute Gasteiger partial charge is 0.250 e. The molecule has 0 saturated heterocycles. The number of sulfonamides is 1. The van der Waals surface area contributed by atoms with Gasteiger partial charge in [0.1, 0.15) is 4.21 Å². The quantitative estimate of drug-likeness (QED) is 0.548. The maximum Gasteiger partial charge on any atom is 0.250 e. The summed E-state index contributed by atoms with van der Waals surface area (Å²) in [6.45, 7) is 2.67. The van der Waals surface area contributed by atoms with Gasteiger partial charge in [0.25, 0.3) is 0 Å². The van der Waals surface area contributed by atoms with Crippen LogP contribution in [-0.2, 0) is 10.0 Å². The van der Waals surface area contributed by atoms with Gasteiger partial charge in [0.15, 0.2) is 5.11 Å². The number of rotatable bonds is 6. The highest BCUT2D eigenvalue weighted by Gasteiger charge is 2.13. The molecule has 3 N–H and O–H groups in total. The number of hydrogen-bond acceptors (Lipinski definition) is 4. The molecular formula is C14H17N3O2S3. The first-order valence-corrected chi connectivity index (χ1v) is 9.39. The second-order valence-corrected chi connectivity index (χ2v) is 7.93. The van der Waals surface area contributed by atoms with E-state index in [1.807, 2.05) is 31.2 Å². The lowest BCUT2D eigenvalue weighted by Gasteiger charge is -2.11. The largest absolute Gasteiger partial charge is 0.361 e. The van der Waals surface area contributed by atoms with Crippen molar-refractivity contribution in [1.29, 1.82) is 0 Å². The number of thiophene rings is 1. The van der Waals surface area contributed by atoms with E-state index in [4.69, 9.17) is 12.2 Å². The van der Waals surface area contributed by atoms with E-state index in [1.165, 1.54) is 11.3 Å². The summed E-state index contributed by atoms with van der Waals surface area (Å²) in [5, 5.41) is 8.21. The number of aryl methyl sites for hydroxylation is 1. The van der Waals surface area contributed by atoms with Gasteiger partial charge in [-0.2, -0.15) is 0 Å². The Kier molecular flexibility index (Phi) is 5.90. The first kappa shape index (κ1) is 16.9. The van der Waals surface area contributed by atoms with Gasteiger partial charge in [0.05, 0.1) is 0 Å². The fourth-order valence-corrected chi connectivity index (χ4v) is 4.04. The van der Waals surface area contributed by atoms with Crippen molar-refractivity contribution in [2.45, 2.75) is 11.1 Å². The molecule has 22 heavy (non-hydrogen) atoms. The zero-order valence-electron chi connectivity index (χ0n) is 12.0. The molecule has 5 nitrogen and oxygen atoms in total. The third-order valence-electron chi connectivity index (χ3n) is 2.74. The van der Waals surface area contributed by atoms with Crippen molar-refractivity contribution in [3.8, 4) is 0 Å². The molecule has 118 valence electrons. The van der Waals surface area contributed by atoms with Gasteiger partial charge < -0.3 is 10.6 Å². The van der Waals surface area contributed by atoms with Crippen molar-refractivity contribution in [3.05, 3.63) is 47.3 Å². The summed E-state index contributed by atoms with van der Waals surface area (Å²) in [6, 6.07) is 11.1. The third kappa shape index (κ3) is 5.06. The average Bonchev–Trinajstić information content (AvgIpc) is 2.99. The van der Waals surface area contributed by atoms with Crippen LogP contribution in [-0.4, -0.2) is 26.6 Å². The summed E-state index contributed by atoms with van der Waals surface area (Å²) in [4.78, 5) is 0. The van der Waals surface area contributed by atoms with Gasteiger partial charge in [-0.05, 0) is 48.3 Å². The SMILES string of the molecule is Cc1cccc(NC(=S)NCCNS(=O)(=O)c2cccs2)c1. The van der Waals surface area contributed by atoms with E-state index in [0.717, 1.165) is 11.3 Å². The molecule has 0 aliphatic carbocycles. The summed E-state index contributed by atoms with van der Waals surface area (Å²) in [6.07, 6.45) is 0. The Morgan fingerprint density at radius 2 is 2.05 bits per heavy atom. The molecule has 0 bridgehead atoms. The second kappa shape index (κ2) is 7.68. The summed E-state index contributed by atoms with van der Waals surface area (Å²) < 4.78 is 26.6. The van der Waals surface area contributed by atoms with E-state index in [9.17, 15) is 8.42 Å². The third-order valence-corrected chi connectivity index (χ3v) is 5.84. The molecule has 0 fully saturated rings. The molecule has 8 heteroatoms. The maximum atomic E-state index is 11.9. The van der Waals surface area contributed by atoms with Gasteiger partial charge in [-0.15, -0.1) is 11.3 Å². The molecule has 0 spiro atoms. The summed E-state index contributed by atoms with van der Waals surface area (Å²) in [5.74, 6) is 0. The second-order valence-electron chi connectivity index (χ2n) is 4.58. The Bertz CT molecular complexity index is 728. The predicted octanol–water partition coefficient (Wildman–Crippen LogP) is 2.32. The number of nitrogens with one attached hydrogen (secondary N) is 3. The molecule has 0 atom stereocenters. The van der Waals surface area contributed by atoms with Crippen LogP contribution < -0.4 is 15.4 Å². The molecule has 1 heterocycles. The minimum absolute atomic E-state index is 0.260. The van der Waals surface area contributed by atoms with Crippen LogP contribution in [0, 0.1) is 6.92 Å². The van der Waals surface area contributed by atoms with Gasteiger partial charge in [0, 0.05) is 18.8 Å². The lowest BCUT2D eigenvalue weighted by Crippen LogP contribution is -2.36. The van der Waals surface area contributed by atoms with Crippen molar-refractivity contribution < 1.29 is 8.42 Å². The average molecular weight is 356 g/mol. The molecule has 1 aromatic carbocycles. The molecule has 0 aliphatic rings. The van der Waals surface area contributed by atoms with Crippen LogP contribution in [0.1, 0.15) is 5.56 Å². The minimum Gasteiger partial charge on any atom is -0.361 e. The summed E-state index contributed by atoms with van der Waals surface area (Å²) in [5.41, 5.74) is 2.04. The Balaban J connectivity index is 1.74. The van der Waals surface area contributed by atoms with E-state index in [-0.39, 0.29) is 6.54 Å². The number of thiocarbonyl (C=S) groups is 1. The van der Waals surface area contributed by atoms with Crippen molar-refractivity contribution in [1.82, 2.24) is 10.0 Å². The summed E-state index contributed by atoms with van der Waals surface area (Å²) in [7, 11) is -3.41. The molecule has 0 radical (unpaired) electrons. The van der Waals surface area contributed by atoms with Crippen molar-refractivity contribution in [2.75, 3.05) is 18.4 Å². The van der Waals surface area contributed by atoms with E-state index >= 15 is 0 Å². The normalized spacial score (nSPS) is 11.1. The van der Waals surface area contributed by atoms with Crippen LogP contribution in [0.4, 0.5) is 5.69 Å². The number of anilines is 1. The van der Waals surface area contributed by atoms with Crippen molar-refractivity contribution in [2.24, 2.45) is 0 Å². The Morgan fingerprint density at radius 1 is 1.23 bits per heavy atom. The molecular weight excluding hydrogens is 338 g/mol. The highest BCUT2D eigenvalue weighted by atomic mass is 32.2.